The van der Waals surface area contributed by atoms with Gasteiger partial charge in [0.15, 0.2) is 0 Å². The normalized spacial score (nSPS) is 16.7. The molecule has 1 fully saturated rings. The smallest absolute Gasteiger partial charge is 0.262 e. The number of nitrogens with two attached hydrogens (primary N) is 1. The van der Waals surface area contributed by atoms with E-state index in [2.05, 4.69) is 4.72 Å². The molecule has 146 valence electrons. The lowest BCUT2D eigenvalue weighted by Crippen LogP contribution is -2.39. The average molecular weight is 414 g/mol. The second-order valence-corrected chi connectivity index (χ2v) is 7.83. The second kappa shape index (κ2) is 8.69. The van der Waals surface area contributed by atoms with Crippen LogP contribution in [0.5, 0.6) is 0 Å². The number of carbonyl (C=O) groups is 1. The van der Waals surface area contributed by atoms with Gasteiger partial charge in [-0.05, 0) is 43.2 Å². The largest absolute Gasteiger partial charge is 0.334 e. The van der Waals surface area contributed by atoms with Crippen molar-refractivity contribution >= 4 is 34.0 Å². The third kappa shape index (κ3) is 4.58. The van der Waals surface area contributed by atoms with Crippen molar-refractivity contribution in [3.63, 3.8) is 0 Å². The topological polar surface area (TPSA) is 92.5 Å². The monoisotopic (exact) mass is 413 g/mol. The number of rotatable bonds is 5. The molecule has 1 saturated heterocycles. The quantitative estimate of drug-likeness (QED) is 0.788. The summed E-state index contributed by atoms with van der Waals surface area (Å²) in [4.78, 5) is 14.3. The molecule has 2 aromatic carbocycles. The zero-order chi connectivity index (χ0) is 18.7. The number of carbonyl (C=O) groups excluding carboxylic acids is 1. The highest BCUT2D eigenvalue weighted by molar-refractivity contribution is 7.92. The van der Waals surface area contributed by atoms with Gasteiger partial charge in [-0.15, -0.1) is 12.4 Å². The van der Waals surface area contributed by atoms with Gasteiger partial charge in [0.05, 0.1) is 10.6 Å². The molecule has 0 bridgehead atoms. The molecule has 1 aliphatic heterocycles. The lowest BCUT2D eigenvalue weighted by molar-refractivity contribution is 0.0741. The lowest BCUT2D eigenvalue weighted by Gasteiger charge is -2.23. The molecule has 0 radical (unpaired) electrons. The van der Waals surface area contributed by atoms with Crippen molar-refractivity contribution in [2.24, 2.45) is 5.73 Å². The zero-order valence-electron chi connectivity index (χ0n) is 14.5. The Morgan fingerprint density at radius 2 is 1.96 bits per heavy atom. The Morgan fingerprint density at radius 3 is 2.67 bits per heavy atom. The fourth-order valence-corrected chi connectivity index (χ4v) is 4.17. The molecule has 6 nitrogen and oxygen atoms in total. The Balaban J connectivity index is 0.00000261. The van der Waals surface area contributed by atoms with Crippen LogP contribution < -0.4 is 10.5 Å². The predicted octanol–water partition coefficient (Wildman–Crippen LogP) is 2.61. The first-order valence-electron chi connectivity index (χ1n) is 8.31. The van der Waals surface area contributed by atoms with Gasteiger partial charge in [-0.1, -0.05) is 18.2 Å². The molecule has 3 N–H and O–H groups in total. The van der Waals surface area contributed by atoms with Crippen molar-refractivity contribution < 1.29 is 17.6 Å². The molecule has 1 atom stereocenters. The van der Waals surface area contributed by atoms with Gasteiger partial charge in [-0.3, -0.25) is 9.52 Å². The van der Waals surface area contributed by atoms with Crippen molar-refractivity contribution in [3.05, 3.63) is 59.9 Å². The molecule has 0 aromatic heterocycles. The van der Waals surface area contributed by atoms with Crippen LogP contribution in [0.1, 0.15) is 23.2 Å². The van der Waals surface area contributed by atoms with E-state index in [-0.39, 0.29) is 40.5 Å². The minimum Gasteiger partial charge on any atom is -0.334 e. The van der Waals surface area contributed by atoms with Crippen LogP contribution in [0.4, 0.5) is 10.1 Å². The third-order valence-corrected chi connectivity index (χ3v) is 5.78. The summed E-state index contributed by atoms with van der Waals surface area (Å²) in [6.07, 6.45) is 1.72. The summed E-state index contributed by atoms with van der Waals surface area (Å²) >= 11 is 0. The van der Waals surface area contributed by atoms with Crippen molar-refractivity contribution in [1.82, 2.24) is 4.90 Å². The first-order chi connectivity index (χ1) is 12.4. The van der Waals surface area contributed by atoms with Gasteiger partial charge in [0.25, 0.3) is 15.9 Å². The Kier molecular flexibility index (Phi) is 6.80. The molecule has 0 spiro atoms. The highest BCUT2D eigenvalue weighted by atomic mass is 35.5. The van der Waals surface area contributed by atoms with Crippen LogP contribution in [-0.2, 0) is 10.0 Å². The second-order valence-electron chi connectivity index (χ2n) is 6.14. The Bertz CT molecular complexity index is 924. The van der Waals surface area contributed by atoms with Crippen LogP contribution >= 0.6 is 12.4 Å². The predicted molar refractivity (Wildman–Crippen MR) is 104 cm³/mol. The fourth-order valence-electron chi connectivity index (χ4n) is 3.06. The number of halogens is 2. The molecule has 27 heavy (non-hydrogen) atoms. The highest BCUT2D eigenvalue weighted by Crippen LogP contribution is 2.23. The summed E-state index contributed by atoms with van der Waals surface area (Å²) < 4.78 is 41.0. The van der Waals surface area contributed by atoms with E-state index in [0.717, 1.165) is 18.9 Å². The highest BCUT2D eigenvalue weighted by Gasteiger charge is 2.29. The number of para-hydroxylation sites is 1. The number of likely N-dealkylation sites (tertiary alicyclic amines) is 1. The molecule has 1 unspecified atom stereocenters. The van der Waals surface area contributed by atoms with Gasteiger partial charge in [0.1, 0.15) is 5.82 Å². The van der Waals surface area contributed by atoms with E-state index in [1.54, 1.807) is 11.0 Å². The first-order valence-corrected chi connectivity index (χ1v) is 9.79. The number of anilines is 1. The Hall–Kier alpha value is -2.16. The maximum atomic E-state index is 13.7. The van der Waals surface area contributed by atoms with Crippen molar-refractivity contribution in [3.8, 4) is 0 Å². The van der Waals surface area contributed by atoms with Gasteiger partial charge in [-0.2, -0.15) is 0 Å². The summed E-state index contributed by atoms with van der Waals surface area (Å²) in [5.41, 5.74) is 5.82. The summed E-state index contributed by atoms with van der Waals surface area (Å²) in [6.45, 7) is 0.976. The summed E-state index contributed by atoms with van der Waals surface area (Å²) in [6, 6.07) is 11.2. The van der Waals surface area contributed by atoms with E-state index < -0.39 is 15.8 Å². The van der Waals surface area contributed by atoms with Gasteiger partial charge in [0.2, 0.25) is 0 Å². The van der Waals surface area contributed by atoms with E-state index in [4.69, 9.17) is 5.73 Å². The number of benzene rings is 2. The standard InChI is InChI=1S/C18H20FN3O3S.ClH/c19-16-8-1-2-9-17(16)21-26(24,25)15-7-3-5-13(11-15)18(23)22-10-4-6-14(22)12-20;/h1-3,5,7-9,11,14,21H,4,6,10,12,20H2;1H. The molecule has 0 saturated carbocycles. The van der Waals surface area contributed by atoms with Crippen LogP contribution in [0.25, 0.3) is 0 Å². The fraction of sp³-hybridized carbons (Fsp3) is 0.278. The van der Waals surface area contributed by atoms with Crippen molar-refractivity contribution in [1.29, 1.82) is 0 Å². The number of sulfonamides is 1. The molecule has 1 amide bonds. The minimum absolute atomic E-state index is 0. The van der Waals surface area contributed by atoms with Crippen molar-refractivity contribution in [2.75, 3.05) is 17.8 Å². The summed E-state index contributed by atoms with van der Waals surface area (Å²) in [5, 5.41) is 0. The third-order valence-electron chi connectivity index (χ3n) is 4.42. The van der Waals surface area contributed by atoms with Crippen molar-refractivity contribution in [2.45, 2.75) is 23.8 Å². The number of nitrogens with one attached hydrogen (secondary N) is 1. The molecular formula is C18H21ClFN3O3S. The van der Waals surface area contributed by atoms with Crippen LogP contribution in [0.2, 0.25) is 0 Å². The minimum atomic E-state index is -4.02. The number of hydrogen-bond donors (Lipinski definition) is 2. The van der Waals surface area contributed by atoms with Gasteiger partial charge in [0, 0.05) is 24.7 Å². The van der Waals surface area contributed by atoms with E-state index in [9.17, 15) is 17.6 Å². The Morgan fingerprint density at radius 1 is 1.22 bits per heavy atom. The molecule has 9 heteroatoms. The summed E-state index contributed by atoms with van der Waals surface area (Å²) in [5.74, 6) is -0.924. The van der Waals surface area contributed by atoms with Crippen LogP contribution in [-0.4, -0.2) is 38.4 Å². The maximum absolute atomic E-state index is 13.7. The number of nitrogens with zero attached hydrogens (tertiary/aromatic N) is 1. The number of hydrogen-bond acceptors (Lipinski definition) is 4. The van der Waals surface area contributed by atoms with E-state index in [0.29, 0.717) is 13.1 Å². The molecule has 0 aliphatic carbocycles. The van der Waals surface area contributed by atoms with Crippen LogP contribution in [0.15, 0.2) is 53.4 Å². The maximum Gasteiger partial charge on any atom is 0.262 e. The van der Waals surface area contributed by atoms with Gasteiger partial charge < -0.3 is 10.6 Å². The van der Waals surface area contributed by atoms with Crippen LogP contribution in [0.3, 0.4) is 0 Å². The molecule has 1 heterocycles. The lowest BCUT2D eigenvalue weighted by atomic mass is 10.1. The van der Waals surface area contributed by atoms with Gasteiger partial charge >= 0.3 is 0 Å². The molecule has 3 rings (SSSR count). The average Bonchev–Trinajstić information content (AvgIpc) is 3.12. The molecule has 1 aliphatic rings. The van der Waals surface area contributed by atoms with E-state index in [1.165, 1.54) is 36.4 Å². The van der Waals surface area contributed by atoms with E-state index in [1.807, 2.05) is 0 Å². The van der Waals surface area contributed by atoms with Crippen LogP contribution in [0, 0.1) is 5.82 Å². The van der Waals surface area contributed by atoms with E-state index >= 15 is 0 Å². The molecule has 2 aromatic rings. The zero-order valence-corrected chi connectivity index (χ0v) is 16.1. The number of amides is 1. The SMILES string of the molecule is Cl.NCC1CCCN1C(=O)c1cccc(S(=O)(=O)Nc2ccccc2F)c1. The Labute approximate surface area is 164 Å². The first kappa shape index (κ1) is 21.1. The summed E-state index contributed by atoms with van der Waals surface area (Å²) in [7, 11) is -4.02. The van der Waals surface area contributed by atoms with Gasteiger partial charge in [-0.25, -0.2) is 12.8 Å². The molecular weight excluding hydrogens is 393 g/mol.